The molecule has 3 heterocycles. The van der Waals surface area contributed by atoms with Crippen LogP contribution in [0, 0.1) is 5.82 Å². The number of aryl methyl sites for hydroxylation is 1. The molecule has 29 heavy (non-hydrogen) atoms. The van der Waals surface area contributed by atoms with Crippen molar-refractivity contribution < 1.29 is 4.39 Å². The van der Waals surface area contributed by atoms with Crippen molar-refractivity contribution >= 4 is 22.2 Å². The van der Waals surface area contributed by atoms with Crippen LogP contribution in [0.15, 0.2) is 67.3 Å². The first-order chi connectivity index (χ1) is 14.1. The van der Waals surface area contributed by atoms with Gasteiger partial charge in [-0.1, -0.05) is 6.07 Å². The summed E-state index contributed by atoms with van der Waals surface area (Å²) in [6, 6.07) is 12.7. The summed E-state index contributed by atoms with van der Waals surface area (Å²) in [6.07, 6.45) is 7.51. The summed E-state index contributed by atoms with van der Waals surface area (Å²) in [7, 11) is 3.90. The van der Waals surface area contributed by atoms with Gasteiger partial charge in [0.05, 0.1) is 42.0 Å². The molecule has 7 heteroatoms. The number of fused-ring (bicyclic) bond motifs is 2. The normalized spacial score (nSPS) is 11.4. The van der Waals surface area contributed by atoms with E-state index in [0.717, 1.165) is 39.2 Å². The number of nitrogens with zero attached hydrogens (tertiary/aromatic N) is 6. The third-order valence-corrected chi connectivity index (χ3v) is 5.16. The Bertz CT molecular complexity index is 1320. The van der Waals surface area contributed by atoms with E-state index in [0.29, 0.717) is 6.54 Å². The van der Waals surface area contributed by atoms with Crippen LogP contribution >= 0.6 is 0 Å². The lowest BCUT2D eigenvalue weighted by Gasteiger charge is -2.19. The van der Waals surface area contributed by atoms with Crippen molar-refractivity contribution in [1.29, 1.82) is 0 Å². The number of halogens is 1. The first-order valence-corrected chi connectivity index (χ1v) is 9.29. The molecule has 5 aromatic rings. The highest BCUT2D eigenvalue weighted by molar-refractivity contribution is 5.84. The molecule has 5 rings (SSSR count). The molecule has 0 radical (unpaired) electrons. The Kier molecular flexibility index (Phi) is 4.01. The maximum absolute atomic E-state index is 13.2. The van der Waals surface area contributed by atoms with Gasteiger partial charge in [0.2, 0.25) is 0 Å². The first-order valence-electron chi connectivity index (χ1n) is 9.29. The fourth-order valence-corrected chi connectivity index (χ4v) is 3.58. The van der Waals surface area contributed by atoms with Crippen molar-refractivity contribution in [3.63, 3.8) is 0 Å². The predicted octanol–water partition coefficient (Wildman–Crippen LogP) is 4.06. The Balaban J connectivity index is 1.50. The van der Waals surface area contributed by atoms with Gasteiger partial charge in [0.25, 0.3) is 0 Å². The zero-order valence-electron chi connectivity index (χ0n) is 16.1. The van der Waals surface area contributed by atoms with Gasteiger partial charge in [-0.3, -0.25) is 14.1 Å². The van der Waals surface area contributed by atoms with E-state index in [4.69, 9.17) is 0 Å². The number of imidazole rings is 1. The van der Waals surface area contributed by atoms with E-state index in [-0.39, 0.29) is 5.82 Å². The maximum atomic E-state index is 13.2. The summed E-state index contributed by atoms with van der Waals surface area (Å²) >= 11 is 0. The number of aromatic nitrogens is 5. The summed E-state index contributed by atoms with van der Waals surface area (Å²) in [4.78, 5) is 11.1. The van der Waals surface area contributed by atoms with E-state index in [1.807, 2.05) is 42.3 Å². The van der Waals surface area contributed by atoms with Gasteiger partial charge in [0.1, 0.15) is 5.82 Å². The van der Waals surface area contributed by atoms with Gasteiger partial charge in [-0.15, -0.1) is 0 Å². The Morgan fingerprint density at radius 3 is 2.66 bits per heavy atom. The third kappa shape index (κ3) is 3.10. The molecule has 0 fully saturated rings. The Morgan fingerprint density at radius 1 is 1.00 bits per heavy atom. The summed E-state index contributed by atoms with van der Waals surface area (Å²) in [5.74, 6) is -0.240. The van der Waals surface area contributed by atoms with Crippen LogP contribution in [0.5, 0.6) is 0 Å². The standard InChI is InChI=1S/C22H19FN6/c1-27(19-6-4-17(23)5-7-19)13-18-14-29-21(11-25-22(29)12-24-18)15-3-8-20-16(9-15)10-26-28(20)2/h3-12,14H,13H2,1-2H3. The lowest BCUT2D eigenvalue weighted by molar-refractivity contribution is 0.627. The summed E-state index contributed by atoms with van der Waals surface area (Å²) in [5.41, 5.74) is 5.78. The monoisotopic (exact) mass is 386 g/mol. The van der Waals surface area contributed by atoms with Crippen LogP contribution in [0.2, 0.25) is 0 Å². The van der Waals surface area contributed by atoms with Crippen molar-refractivity contribution in [2.75, 3.05) is 11.9 Å². The van der Waals surface area contributed by atoms with Crippen molar-refractivity contribution in [2.45, 2.75) is 6.54 Å². The largest absolute Gasteiger partial charge is 0.369 e. The minimum atomic E-state index is -0.240. The van der Waals surface area contributed by atoms with Crippen LogP contribution in [0.25, 0.3) is 27.8 Å². The fourth-order valence-electron chi connectivity index (χ4n) is 3.58. The minimum Gasteiger partial charge on any atom is -0.369 e. The molecule has 0 spiro atoms. The molecule has 0 saturated carbocycles. The molecule has 0 saturated heterocycles. The van der Waals surface area contributed by atoms with Crippen molar-refractivity contribution in [3.8, 4) is 11.3 Å². The second kappa shape index (κ2) is 6.70. The summed E-state index contributed by atoms with van der Waals surface area (Å²) in [5, 5.41) is 5.40. The summed E-state index contributed by atoms with van der Waals surface area (Å²) < 4.78 is 17.1. The van der Waals surface area contributed by atoms with E-state index in [1.54, 1.807) is 18.3 Å². The fraction of sp³-hybridized carbons (Fsp3) is 0.136. The molecule has 0 amide bonds. The quantitative estimate of drug-likeness (QED) is 0.467. The molecule has 0 aliphatic rings. The lowest BCUT2D eigenvalue weighted by atomic mass is 10.1. The van der Waals surface area contributed by atoms with E-state index in [1.165, 1.54) is 12.1 Å². The predicted molar refractivity (Wildman–Crippen MR) is 111 cm³/mol. The molecule has 3 aromatic heterocycles. The van der Waals surface area contributed by atoms with Crippen LogP contribution in [0.1, 0.15) is 5.69 Å². The van der Waals surface area contributed by atoms with Crippen molar-refractivity contribution in [3.05, 3.63) is 78.8 Å². The van der Waals surface area contributed by atoms with Crippen LogP contribution < -0.4 is 4.90 Å². The molecule has 6 nitrogen and oxygen atoms in total. The Morgan fingerprint density at radius 2 is 1.83 bits per heavy atom. The molecule has 0 aliphatic heterocycles. The smallest absolute Gasteiger partial charge is 0.155 e. The number of benzene rings is 2. The zero-order valence-corrected chi connectivity index (χ0v) is 16.1. The van der Waals surface area contributed by atoms with Crippen molar-refractivity contribution in [1.82, 2.24) is 24.1 Å². The van der Waals surface area contributed by atoms with Gasteiger partial charge in [0.15, 0.2) is 5.65 Å². The highest BCUT2D eigenvalue weighted by atomic mass is 19.1. The van der Waals surface area contributed by atoms with Crippen LogP contribution in [0.3, 0.4) is 0 Å². The Hall–Kier alpha value is -3.74. The molecule has 0 aliphatic carbocycles. The number of hydrogen-bond acceptors (Lipinski definition) is 4. The first kappa shape index (κ1) is 17.4. The van der Waals surface area contributed by atoms with E-state index < -0.39 is 0 Å². The maximum Gasteiger partial charge on any atom is 0.155 e. The lowest BCUT2D eigenvalue weighted by Crippen LogP contribution is -2.17. The van der Waals surface area contributed by atoms with Gasteiger partial charge in [-0.05, 0) is 36.4 Å². The average Bonchev–Trinajstić information content (AvgIpc) is 3.31. The zero-order chi connectivity index (χ0) is 20.0. The topological polar surface area (TPSA) is 51.2 Å². The van der Waals surface area contributed by atoms with Gasteiger partial charge in [-0.25, -0.2) is 9.37 Å². The van der Waals surface area contributed by atoms with Crippen LogP contribution in [0.4, 0.5) is 10.1 Å². The van der Waals surface area contributed by atoms with E-state index in [2.05, 4.69) is 37.7 Å². The molecule has 0 N–H and O–H groups in total. The minimum absolute atomic E-state index is 0.240. The SMILES string of the molecule is CN(Cc1cn2c(-c3ccc4c(cnn4C)c3)cnc2cn1)c1ccc(F)cc1. The molecule has 144 valence electrons. The second-order valence-electron chi connectivity index (χ2n) is 7.12. The second-order valence-corrected chi connectivity index (χ2v) is 7.12. The van der Waals surface area contributed by atoms with Crippen LogP contribution in [-0.2, 0) is 13.6 Å². The van der Waals surface area contributed by atoms with E-state index in [9.17, 15) is 4.39 Å². The van der Waals surface area contributed by atoms with E-state index >= 15 is 0 Å². The highest BCUT2D eigenvalue weighted by Gasteiger charge is 2.11. The van der Waals surface area contributed by atoms with Gasteiger partial charge in [-0.2, -0.15) is 5.10 Å². The molecule has 2 aromatic carbocycles. The van der Waals surface area contributed by atoms with Gasteiger partial charge < -0.3 is 4.90 Å². The number of hydrogen-bond donors (Lipinski definition) is 0. The number of rotatable bonds is 4. The van der Waals surface area contributed by atoms with Crippen molar-refractivity contribution in [2.24, 2.45) is 7.05 Å². The van der Waals surface area contributed by atoms with Crippen LogP contribution in [-0.4, -0.2) is 31.2 Å². The molecule has 0 atom stereocenters. The highest BCUT2D eigenvalue weighted by Crippen LogP contribution is 2.25. The van der Waals surface area contributed by atoms with Gasteiger partial charge in [0, 0.05) is 36.9 Å². The molecule has 0 unspecified atom stereocenters. The van der Waals surface area contributed by atoms with Gasteiger partial charge >= 0.3 is 0 Å². The Labute approximate surface area is 166 Å². The summed E-state index contributed by atoms with van der Waals surface area (Å²) in [6.45, 7) is 0.598. The molecular formula is C22H19FN6. The third-order valence-electron chi connectivity index (χ3n) is 5.16. The molecular weight excluding hydrogens is 367 g/mol. The number of anilines is 1. The average molecular weight is 386 g/mol. The molecule has 0 bridgehead atoms.